The van der Waals surface area contributed by atoms with Crippen LogP contribution in [0.2, 0.25) is 0 Å². The van der Waals surface area contributed by atoms with Crippen LogP contribution in [0.4, 0.5) is 0 Å². The predicted molar refractivity (Wildman–Crippen MR) is 53.8 cm³/mol. The Morgan fingerprint density at radius 2 is 2.21 bits per heavy atom. The number of hydrogen-bond acceptors (Lipinski definition) is 2. The van der Waals surface area contributed by atoms with Gasteiger partial charge in [0.2, 0.25) is 5.91 Å². The molecule has 3 atom stereocenters. The van der Waals surface area contributed by atoms with Gasteiger partial charge < -0.3 is 10.2 Å². The zero-order valence-electron chi connectivity index (χ0n) is 8.54. The largest absolute Gasteiger partial charge is 0.339 e. The van der Waals surface area contributed by atoms with Gasteiger partial charge in [-0.05, 0) is 38.1 Å². The molecule has 1 N–H and O–H groups in total. The molecule has 1 amide bonds. The molecule has 0 aromatic carbocycles. The first-order valence-electron chi connectivity index (χ1n) is 5.87. The predicted octanol–water partition coefficient (Wildman–Crippen LogP) is 0.607. The van der Waals surface area contributed by atoms with Crippen LogP contribution >= 0.6 is 0 Å². The smallest absolute Gasteiger partial charge is 0.227 e. The van der Waals surface area contributed by atoms with Gasteiger partial charge >= 0.3 is 0 Å². The van der Waals surface area contributed by atoms with Gasteiger partial charge in [-0.1, -0.05) is 0 Å². The average Bonchev–Trinajstić information content (AvgIpc) is 2.27. The van der Waals surface area contributed by atoms with Crippen molar-refractivity contribution in [3.05, 3.63) is 0 Å². The van der Waals surface area contributed by atoms with Crippen LogP contribution in [0.25, 0.3) is 0 Å². The summed E-state index contributed by atoms with van der Waals surface area (Å²) in [6, 6.07) is 0.570. The molecule has 0 radical (unpaired) electrons. The first kappa shape index (κ1) is 8.72. The van der Waals surface area contributed by atoms with Gasteiger partial charge in [0.15, 0.2) is 0 Å². The number of nitrogens with zero attached hydrogens (tertiary/aromatic N) is 1. The Balaban J connectivity index is 1.86. The van der Waals surface area contributed by atoms with Crippen LogP contribution in [0, 0.1) is 11.8 Å². The lowest BCUT2D eigenvalue weighted by Crippen LogP contribution is -2.60. The molecule has 3 heterocycles. The summed E-state index contributed by atoms with van der Waals surface area (Å²) in [4.78, 5) is 14.2. The van der Waals surface area contributed by atoms with Gasteiger partial charge in [0, 0.05) is 19.1 Å². The Morgan fingerprint density at radius 1 is 1.29 bits per heavy atom. The van der Waals surface area contributed by atoms with Crippen molar-refractivity contribution in [3.63, 3.8) is 0 Å². The molecule has 0 aliphatic carbocycles. The summed E-state index contributed by atoms with van der Waals surface area (Å²) in [6.07, 6.45) is 4.92. The zero-order chi connectivity index (χ0) is 9.54. The molecule has 0 aromatic rings. The van der Waals surface area contributed by atoms with Gasteiger partial charge in [-0.2, -0.15) is 0 Å². The minimum Gasteiger partial charge on any atom is -0.339 e. The lowest BCUT2D eigenvalue weighted by atomic mass is 9.76. The van der Waals surface area contributed by atoms with Crippen molar-refractivity contribution in [2.75, 3.05) is 19.6 Å². The molecular weight excluding hydrogens is 176 g/mol. The van der Waals surface area contributed by atoms with Crippen molar-refractivity contribution in [1.29, 1.82) is 0 Å². The first-order chi connectivity index (χ1) is 6.86. The second-order valence-electron chi connectivity index (χ2n) is 4.95. The highest BCUT2D eigenvalue weighted by molar-refractivity contribution is 5.80. The summed E-state index contributed by atoms with van der Waals surface area (Å²) in [5.74, 6) is 1.47. The summed E-state index contributed by atoms with van der Waals surface area (Å²) in [6.45, 7) is 3.07. The third kappa shape index (κ3) is 1.18. The van der Waals surface area contributed by atoms with Crippen molar-refractivity contribution < 1.29 is 4.79 Å². The van der Waals surface area contributed by atoms with Gasteiger partial charge in [0.25, 0.3) is 0 Å². The van der Waals surface area contributed by atoms with Crippen molar-refractivity contribution in [2.45, 2.75) is 31.7 Å². The van der Waals surface area contributed by atoms with E-state index in [0.717, 1.165) is 32.0 Å². The number of nitrogens with one attached hydrogen (secondary N) is 1. The van der Waals surface area contributed by atoms with Crippen LogP contribution in [0.5, 0.6) is 0 Å². The molecule has 14 heavy (non-hydrogen) atoms. The maximum absolute atomic E-state index is 12.1. The third-order valence-corrected chi connectivity index (χ3v) is 4.11. The van der Waals surface area contributed by atoms with Gasteiger partial charge in [-0.15, -0.1) is 0 Å². The minimum absolute atomic E-state index is 0.295. The normalized spacial score (nSPS) is 42.1. The maximum Gasteiger partial charge on any atom is 0.227 e. The van der Waals surface area contributed by atoms with E-state index < -0.39 is 0 Å². The average molecular weight is 194 g/mol. The quantitative estimate of drug-likeness (QED) is 0.612. The Labute approximate surface area is 84.8 Å². The lowest BCUT2D eigenvalue weighted by molar-refractivity contribution is -0.148. The molecule has 3 nitrogen and oxygen atoms in total. The summed E-state index contributed by atoms with van der Waals surface area (Å²) in [5, 5.41) is 3.40. The lowest BCUT2D eigenvalue weighted by Gasteiger charge is -2.49. The molecule has 3 rings (SSSR count). The number of amides is 1. The molecule has 0 unspecified atom stereocenters. The van der Waals surface area contributed by atoms with Crippen LogP contribution in [-0.4, -0.2) is 36.5 Å². The van der Waals surface area contributed by atoms with Crippen molar-refractivity contribution >= 4 is 5.91 Å². The Hall–Kier alpha value is -0.570. The number of carbonyl (C=O) groups excluding carboxylic acids is 1. The van der Waals surface area contributed by atoms with Crippen LogP contribution < -0.4 is 5.32 Å². The van der Waals surface area contributed by atoms with Crippen molar-refractivity contribution in [1.82, 2.24) is 10.2 Å². The number of carbonyl (C=O) groups is 1. The molecule has 0 spiro atoms. The number of hydrogen-bond donors (Lipinski definition) is 1. The molecule has 0 saturated carbocycles. The molecule has 78 valence electrons. The van der Waals surface area contributed by atoms with Crippen LogP contribution in [0.15, 0.2) is 0 Å². The van der Waals surface area contributed by atoms with Crippen LogP contribution in [0.3, 0.4) is 0 Å². The number of rotatable bonds is 0. The third-order valence-electron chi connectivity index (χ3n) is 4.11. The SMILES string of the molecule is O=C1[C@@H]2CNC[C@@H](C2)[C@H]2CCCCN12. The molecular formula is C11H18N2O. The second kappa shape index (κ2) is 3.23. The molecule has 0 aromatic heterocycles. The second-order valence-corrected chi connectivity index (χ2v) is 4.95. The highest BCUT2D eigenvalue weighted by atomic mass is 16.2. The Bertz CT molecular complexity index is 254. The van der Waals surface area contributed by atoms with E-state index in [1.807, 2.05) is 0 Å². The van der Waals surface area contributed by atoms with Crippen molar-refractivity contribution in [2.24, 2.45) is 11.8 Å². The highest BCUT2D eigenvalue weighted by Gasteiger charge is 2.43. The fourth-order valence-corrected chi connectivity index (χ4v) is 3.41. The van der Waals surface area contributed by atoms with E-state index in [4.69, 9.17) is 0 Å². The Morgan fingerprint density at radius 3 is 3.14 bits per heavy atom. The van der Waals surface area contributed by atoms with Crippen molar-refractivity contribution in [3.8, 4) is 0 Å². The summed E-state index contributed by atoms with van der Waals surface area (Å²) in [5.41, 5.74) is 0. The Kier molecular flexibility index (Phi) is 2.01. The highest BCUT2D eigenvalue weighted by Crippen LogP contribution is 2.35. The minimum atomic E-state index is 0.295. The number of fused-ring (bicyclic) bond motifs is 4. The summed E-state index contributed by atoms with van der Waals surface area (Å²) >= 11 is 0. The molecule has 3 aliphatic rings. The van der Waals surface area contributed by atoms with Crippen LogP contribution in [-0.2, 0) is 4.79 Å². The van der Waals surface area contributed by atoms with E-state index in [9.17, 15) is 4.79 Å². The van der Waals surface area contributed by atoms with Gasteiger partial charge in [-0.25, -0.2) is 0 Å². The van der Waals surface area contributed by atoms with E-state index in [1.54, 1.807) is 0 Å². The van der Waals surface area contributed by atoms with Crippen LogP contribution in [0.1, 0.15) is 25.7 Å². The molecule has 3 saturated heterocycles. The van der Waals surface area contributed by atoms with E-state index >= 15 is 0 Å². The van der Waals surface area contributed by atoms with E-state index in [2.05, 4.69) is 10.2 Å². The van der Waals surface area contributed by atoms with E-state index in [0.29, 0.717) is 17.9 Å². The first-order valence-corrected chi connectivity index (χ1v) is 5.87. The van der Waals surface area contributed by atoms with E-state index in [1.165, 1.54) is 19.3 Å². The maximum atomic E-state index is 12.1. The summed E-state index contributed by atoms with van der Waals surface area (Å²) in [7, 11) is 0. The monoisotopic (exact) mass is 194 g/mol. The van der Waals surface area contributed by atoms with E-state index in [-0.39, 0.29) is 0 Å². The standard InChI is InChI=1S/C11H18N2O/c14-11-9-5-8(6-12-7-9)10-3-1-2-4-13(10)11/h8-10,12H,1-7H2/t8-,9+,10-/m1/s1. The molecule has 3 fully saturated rings. The molecule has 3 aliphatic heterocycles. The number of piperidine rings is 3. The molecule has 2 bridgehead atoms. The fourth-order valence-electron chi connectivity index (χ4n) is 3.41. The fraction of sp³-hybridized carbons (Fsp3) is 0.909. The summed E-state index contributed by atoms with van der Waals surface area (Å²) < 4.78 is 0. The van der Waals surface area contributed by atoms with Gasteiger partial charge in [0.05, 0.1) is 5.92 Å². The topological polar surface area (TPSA) is 32.3 Å². The zero-order valence-corrected chi connectivity index (χ0v) is 8.54. The van der Waals surface area contributed by atoms with Gasteiger partial charge in [-0.3, -0.25) is 4.79 Å². The molecule has 3 heteroatoms. The van der Waals surface area contributed by atoms with Gasteiger partial charge in [0.1, 0.15) is 0 Å².